The van der Waals surface area contributed by atoms with Crippen molar-refractivity contribution in [3.8, 4) is 0 Å². The summed E-state index contributed by atoms with van der Waals surface area (Å²) in [5, 5.41) is 11.3. The summed E-state index contributed by atoms with van der Waals surface area (Å²) in [6.07, 6.45) is 7.12. The maximum atomic E-state index is 11.9. The van der Waals surface area contributed by atoms with Crippen molar-refractivity contribution in [1.29, 1.82) is 0 Å². The predicted octanol–water partition coefficient (Wildman–Crippen LogP) is 2.43. The van der Waals surface area contributed by atoms with Crippen LogP contribution in [0.4, 0.5) is 0 Å². The van der Waals surface area contributed by atoms with Crippen LogP contribution in [-0.4, -0.2) is 67.6 Å². The molecule has 31 heavy (non-hydrogen) atoms. The molecular weight excluding hydrogens is 388 g/mol. The van der Waals surface area contributed by atoms with Gasteiger partial charge in [0.2, 0.25) is 5.91 Å². The van der Waals surface area contributed by atoms with Gasteiger partial charge in [-0.2, -0.15) is 0 Å². The summed E-state index contributed by atoms with van der Waals surface area (Å²) in [6.45, 7) is 8.23. The van der Waals surface area contributed by atoms with Gasteiger partial charge in [-0.3, -0.25) is 14.7 Å². The van der Waals surface area contributed by atoms with Crippen LogP contribution < -0.4 is 16.0 Å². The van der Waals surface area contributed by atoms with Gasteiger partial charge in [0.15, 0.2) is 5.96 Å². The Balaban J connectivity index is 1.41. The molecule has 1 aromatic carbocycles. The third kappa shape index (κ3) is 6.47. The van der Waals surface area contributed by atoms with E-state index in [-0.39, 0.29) is 5.91 Å². The SMILES string of the molecule is CCCNC(=O)CN1CCC(NC(=NC)NCCc2c[nH]c3c(CC)cccc23)CC1. The molecule has 1 aliphatic heterocycles. The highest BCUT2D eigenvalue weighted by Gasteiger charge is 2.21. The van der Waals surface area contributed by atoms with Crippen molar-refractivity contribution in [2.45, 2.75) is 52.0 Å². The Morgan fingerprint density at radius 3 is 2.68 bits per heavy atom. The number of aliphatic imine (C=N–C) groups is 1. The van der Waals surface area contributed by atoms with Gasteiger partial charge in [-0.25, -0.2) is 0 Å². The number of para-hydroxylation sites is 1. The van der Waals surface area contributed by atoms with Gasteiger partial charge in [0.05, 0.1) is 6.54 Å². The molecule has 4 N–H and O–H groups in total. The van der Waals surface area contributed by atoms with E-state index in [0.29, 0.717) is 12.6 Å². The fourth-order valence-corrected chi connectivity index (χ4v) is 4.24. The van der Waals surface area contributed by atoms with Crippen molar-refractivity contribution in [3.05, 3.63) is 35.5 Å². The second-order valence-electron chi connectivity index (χ2n) is 8.30. The summed E-state index contributed by atoms with van der Waals surface area (Å²) >= 11 is 0. The van der Waals surface area contributed by atoms with Crippen molar-refractivity contribution in [2.24, 2.45) is 4.99 Å². The van der Waals surface area contributed by atoms with E-state index in [4.69, 9.17) is 0 Å². The van der Waals surface area contributed by atoms with Gasteiger partial charge < -0.3 is 20.9 Å². The number of aromatic nitrogens is 1. The minimum atomic E-state index is 0.133. The van der Waals surface area contributed by atoms with E-state index in [9.17, 15) is 4.79 Å². The zero-order valence-corrected chi connectivity index (χ0v) is 19.3. The van der Waals surface area contributed by atoms with E-state index < -0.39 is 0 Å². The summed E-state index contributed by atoms with van der Waals surface area (Å²) in [5.74, 6) is 0.988. The standard InChI is InChI=1S/C24H38N6O/c1-4-12-26-22(31)17-30-14-10-20(11-15-30)29-24(25-3)27-13-9-19-16-28-23-18(5-2)7-6-8-21(19)23/h6-8,16,20,28H,4-5,9-15,17H2,1-3H3,(H,26,31)(H2,25,27,29). The van der Waals surface area contributed by atoms with E-state index in [2.05, 4.69) is 69.1 Å². The summed E-state index contributed by atoms with van der Waals surface area (Å²) in [6, 6.07) is 6.92. The Morgan fingerprint density at radius 1 is 1.16 bits per heavy atom. The van der Waals surface area contributed by atoms with Crippen LogP contribution in [0.25, 0.3) is 10.9 Å². The van der Waals surface area contributed by atoms with Gasteiger partial charge >= 0.3 is 0 Å². The molecule has 1 saturated heterocycles. The van der Waals surface area contributed by atoms with Gasteiger partial charge in [-0.1, -0.05) is 32.0 Å². The molecule has 2 aromatic rings. The van der Waals surface area contributed by atoms with Crippen LogP contribution in [0.1, 0.15) is 44.2 Å². The van der Waals surface area contributed by atoms with E-state index in [1.807, 2.05) is 7.05 Å². The largest absolute Gasteiger partial charge is 0.361 e. The molecule has 0 bridgehead atoms. The van der Waals surface area contributed by atoms with Gasteiger partial charge in [-0.05, 0) is 43.2 Å². The molecular formula is C24H38N6O. The van der Waals surface area contributed by atoms with Gasteiger partial charge in [0, 0.05) is 56.4 Å². The number of rotatable bonds is 9. The lowest BCUT2D eigenvalue weighted by atomic mass is 10.1. The first kappa shape index (κ1) is 23.1. The van der Waals surface area contributed by atoms with Crippen LogP contribution in [0.3, 0.4) is 0 Å². The normalized spacial score (nSPS) is 15.9. The number of nitrogens with zero attached hydrogens (tertiary/aromatic N) is 2. The second-order valence-corrected chi connectivity index (χ2v) is 8.30. The number of aromatic amines is 1. The van der Waals surface area contributed by atoms with Crippen molar-refractivity contribution >= 4 is 22.8 Å². The number of fused-ring (bicyclic) bond motifs is 1. The summed E-state index contributed by atoms with van der Waals surface area (Å²) in [7, 11) is 1.82. The van der Waals surface area contributed by atoms with Crippen LogP contribution in [0, 0.1) is 0 Å². The van der Waals surface area contributed by atoms with Crippen LogP contribution in [0.5, 0.6) is 0 Å². The van der Waals surface area contributed by atoms with Crippen molar-refractivity contribution in [2.75, 3.05) is 39.8 Å². The lowest BCUT2D eigenvalue weighted by Crippen LogP contribution is -2.50. The molecule has 1 fully saturated rings. The van der Waals surface area contributed by atoms with E-state index in [1.165, 1.54) is 22.0 Å². The lowest BCUT2D eigenvalue weighted by molar-refractivity contribution is -0.122. The number of carbonyl (C=O) groups is 1. The molecule has 7 heteroatoms. The Labute approximate surface area is 186 Å². The predicted molar refractivity (Wildman–Crippen MR) is 129 cm³/mol. The Hall–Kier alpha value is -2.54. The highest BCUT2D eigenvalue weighted by atomic mass is 16.2. The molecule has 3 rings (SSSR count). The highest BCUT2D eigenvalue weighted by molar-refractivity contribution is 5.86. The number of amides is 1. The third-order valence-electron chi connectivity index (χ3n) is 6.05. The van der Waals surface area contributed by atoms with Crippen LogP contribution >= 0.6 is 0 Å². The smallest absolute Gasteiger partial charge is 0.234 e. The van der Waals surface area contributed by atoms with E-state index in [0.717, 1.165) is 64.2 Å². The van der Waals surface area contributed by atoms with Crippen molar-refractivity contribution in [1.82, 2.24) is 25.8 Å². The summed E-state index contributed by atoms with van der Waals surface area (Å²) in [4.78, 5) is 22.0. The molecule has 7 nitrogen and oxygen atoms in total. The van der Waals surface area contributed by atoms with Crippen molar-refractivity contribution in [3.63, 3.8) is 0 Å². The number of guanidine groups is 1. The van der Waals surface area contributed by atoms with Gasteiger partial charge in [0.1, 0.15) is 0 Å². The number of piperidine rings is 1. The molecule has 1 aromatic heterocycles. The molecule has 0 unspecified atom stereocenters. The maximum Gasteiger partial charge on any atom is 0.234 e. The molecule has 0 radical (unpaired) electrons. The first-order valence-corrected chi connectivity index (χ1v) is 11.7. The number of aryl methyl sites for hydroxylation is 1. The number of carbonyl (C=O) groups excluding carboxylic acids is 1. The van der Waals surface area contributed by atoms with Crippen molar-refractivity contribution < 1.29 is 4.79 Å². The minimum absolute atomic E-state index is 0.133. The zero-order valence-electron chi connectivity index (χ0n) is 19.3. The fourth-order valence-electron chi connectivity index (χ4n) is 4.24. The molecule has 0 spiro atoms. The average Bonchev–Trinajstić information content (AvgIpc) is 3.21. The van der Waals surface area contributed by atoms with Crippen LogP contribution in [-0.2, 0) is 17.6 Å². The molecule has 1 amide bonds. The minimum Gasteiger partial charge on any atom is -0.361 e. The molecule has 170 valence electrons. The first-order chi connectivity index (χ1) is 15.1. The third-order valence-corrected chi connectivity index (χ3v) is 6.05. The molecule has 1 aliphatic rings. The topological polar surface area (TPSA) is 84.6 Å². The number of likely N-dealkylation sites (tertiary alicyclic amines) is 1. The van der Waals surface area contributed by atoms with E-state index in [1.54, 1.807) is 0 Å². The number of H-pyrrole nitrogens is 1. The second kappa shape index (κ2) is 11.7. The summed E-state index contributed by atoms with van der Waals surface area (Å²) < 4.78 is 0. The van der Waals surface area contributed by atoms with E-state index >= 15 is 0 Å². The number of hydrogen-bond acceptors (Lipinski definition) is 3. The zero-order chi connectivity index (χ0) is 22.1. The molecule has 2 heterocycles. The Morgan fingerprint density at radius 2 is 1.97 bits per heavy atom. The highest BCUT2D eigenvalue weighted by Crippen LogP contribution is 2.22. The monoisotopic (exact) mass is 426 g/mol. The number of nitrogens with one attached hydrogen (secondary N) is 4. The Bertz CT molecular complexity index is 866. The molecule has 0 saturated carbocycles. The molecule has 0 atom stereocenters. The lowest BCUT2D eigenvalue weighted by Gasteiger charge is -2.32. The number of benzene rings is 1. The molecule has 0 aliphatic carbocycles. The quantitative estimate of drug-likeness (QED) is 0.367. The van der Waals surface area contributed by atoms with Gasteiger partial charge in [-0.15, -0.1) is 0 Å². The van der Waals surface area contributed by atoms with Crippen LogP contribution in [0.2, 0.25) is 0 Å². The van der Waals surface area contributed by atoms with Gasteiger partial charge in [0.25, 0.3) is 0 Å². The Kier molecular flexibility index (Phi) is 8.76. The first-order valence-electron chi connectivity index (χ1n) is 11.7. The maximum absolute atomic E-state index is 11.9. The summed E-state index contributed by atoms with van der Waals surface area (Å²) in [5.41, 5.74) is 3.96. The fraction of sp³-hybridized carbons (Fsp3) is 0.583. The van der Waals surface area contributed by atoms with Crippen LogP contribution in [0.15, 0.2) is 29.4 Å². The average molecular weight is 427 g/mol. The number of hydrogen-bond donors (Lipinski definition) is 4.